The molecule has 0 aliphatic carbocycles. The Kier molecular flexibility index (Phi) is 3.29. The van der Waals surface area contributed by atoms with E-state index in [1.165, 1.54) is 0 Å². The standard InChI is InChI=1S/C14H15N3O2/c1-8-3-2-4-12(13(8)14(18)19)17-11-6-5-9(15)7-10(11)16/h2-7,17H,15-16H2,1H3,(H,18,19). The fraction of sp³-hybridized carbons (Fsp3) is 0.0714. The van der Waals surface area contributed by atoms with Gasteiger partial charge in [-0.15, -0.1) is 0 Å². The number of rotatable bonds is 3. The lowest BCUT2D eigenvalue weighted by Gasteiger charge is -2.13. The van der Waals surface area contributed by atoms with E-state index in [9.17, 15) is 9.90 Å². The smallest absolute Gasteiger partial charge is 0.338 e. The highest BCUT2D eigenvalue weighted by Crippen LogP contribution is 2.28. The van der Waals surface area contributed by atoms with Crippen molar-refractivity contribution in [2.24, 2.45) is 0 Å². The molecule has 0 heterocycles. The summed E-state index contributed by atoms with van der Waals surface area (Å²) in [6.45, 7) is 1.75. The molecule has 0 aliphatic heterocycles. The molecule has 0 saturated heterocycles. The highest BCUT2D eigenvalue weighted by molar-refractivity contribution is 5.97. The molecule has 19 heavy (non-hydrogen) atoms. The monoisotopic (exact) mass is 257 g/mol. The van der Waals surface area contributed by atoms with E-state index >= 15 is 0 Å². The topological polar surface area (TPSA) is 101 Å². The third kappa shape index (κ3) is 2.60. The molecule has 0 amide bonds. The Hall–Kier alpha value is -2.69. The van der Waals surface area contributed by atoms with E-state index in [0.717, 1.165) is 0 Å². The van der Waals surface area contributed by atoms with Crippen LogP contribution in [0.4, 0.5) is 22.7 Å². The maximum absolute atomic E-state index is 11.3. The van der Waals surface area contributed by atoms with Crippen LogP contribution in [0.3, 0.4) is 0 Å². The number of aromatic carboxylic acids is 1. The van der Waals surface area contributed by atoms with Crippen LogP contribution in [0.15, 0.2) is 36.4 Å². The fourth-order valence-corrected chi connectivity index (χ4v) is 1.90. The van der Waals surface area contributed by atoms with Gasteiger partial charge in [0, 0.05) is 5.69 Å². The first kappa shape index (κ1) is 12.8. The molecule has 0 atom stereocenters. The Morgan fingerprint density at radius 3 is 2.53 bits per heavy atom. The first-order valence-electron chi connectivity index (χ1n) is 5.74. The van der Waals surface area contributed by atoms with Crippen molar-refractivity contribution in [3.05, 3.63) is 47.5 Å². The molecular weight excluding hydrogens is 242 g/mol. The summed E-state index contributed by atoms with van der Waals surface area (Å²) in [7, 11) is 0. The minimum atomic E-state index is -0.977. The third-order valence-electron chi connectivity index (χ3n) is 2.83. The summed E-state index contributed by atoms with van der Waals surface area (Å²) in [5, 5.41) is 12.3. The molecule has 2 rings (SSSR count). The lowest BCUT2D eigenvalue weighted by Crippen LogP contribution is -2.06. The van der Waals surface area contributed by atoms with E-state index in [1.807, 2.05) is 0 Å². The van der Waals surface area contributed by atoms with Crippen LogP contribution in [-0.4, -0.2) is 11.1 Å². The van der Waals surface area contributed by atoms with E-state index in [-0.39, 0.29) is 5.56 Å². The molecule has 2 aromatic rings. The molecule has 0 radical (unpaired) electrons. The van der Waals surface area contributed by atoms with Crippen LogP contribution in [0.1, 0.15) is 15.9 Å². The van der Waals surface area contributed by atoms with E-state index in [1.54, 1.807) is 43.3 Å². The summed E-state index contributed by atoms with van der Waals surface area (Å²) in [6.07, 6.45) is 0. The minimum absolute atomic E-state index is 0.235. The van der Waals surface area contributed by atoms with Crippen molar-refractivity contribution < 1.29 is 9.90 Å². The lowest BCUT2D eigenvalue weighted by molar-refractivity contribution is 0.0697. The van der Waals surface area contributed by atoms with Crippen molar-refractivity contribution in [1.29, 1.82) is 0 Å². The van der Waals surface area contributed by atoms with Gasteiger partial charge < -0.3 is 21.9 Å². The predicted octanol–water partition coefficient (Wildman–Crippen LogP) is 2.60. The Labute approximate surface area is 110 Å². The average molecular weight is 257 g/mol. The predicted molar refractivity (Wildman–Crippen MR) is 76.7 cm³/mol. The zero-order valence-electron chi connectivity index (χ0n) is 10.5. The number of carbonyl (C=O) groups is 1. The Balaban J connectivity index is 2.44. The van der Waals surface area contributed by atoms with Gasteiger partial charge in [0.05, 0.1) is 22.6 Å². The van der Waals surface area contributed by atoms with Crippen LogP contribution in [0, 0.1) is 6.92 Å². The minimum Gasteiger partial charge on any atom is -0.478 e. The van der Waals surface area contributed by atoms with Crippen LogP contribution in [0.2, 0.25) is 0 Å². The van der Waals surface area contributed by atoms with E-state index in [2.05, 4.69) is 5.32 Å². The van der Waals surface area contributed by atoms with Crippen molar-refractivity contribution in [3.8, 4) is 0 Å². The van der Waals surface area contributed by atoms with Gasteiger partial charge in [-0.25, -0.2) is 4.79 Å². The van der Waals surface area contributed by atoms with E-state index < -0.39 is 5.97 Å². The summed E-state index contributed by atoms with van der Waals surface area (Å²) in [5.74, 6) is -0.977. The average Bonchev–Trinajstić information content (AvgIpc) is 2.32. The summed E-state index contributed by atoms with van der Waals surface area (Å²) in [4.78, 5) is 11.3. The number of anilines is 4. The van der Waals surface area contributed by atoms with Crippen molar-refractivity contribution in [2.75, 3.05) is 16.8 Å². The fourth-order valence-electron chi connectivity index (χ4n) is 1.90. The normalized spacial score (nSPS) is 10.2. The van der Waals surface area contributed by atoms with Crippen LogP contribution in [-0.2, 0) is 0 Å². The van der Waals surface area contributed by atoms with Gasteiger partial charge in [0.1, 0.15) is 0 Å². The highest BCUT2D eigenvalue weighted by Gasteiger charge is 2.13. The summed E-state index contributed by atoms with van der Waals surface area (Å²) in [6, 6.07) is 10.3. The molecule has 0 unspecified atom stereocenters. The second kappa shape index (κ2) is 4.89. The molecule has 5 nitrogen and oxygen atoms in total. The summed E-state index contributed by atoms with van der Waals surface area (Å²) in [5.41, 5.74) is 14.5. The molecule has 6 N–H and O–H groups in total. The van der Waals surface area contributed by atoms with Gasteiger partial charge in [-0.1, -0.05) is 12.1 Å². The van der Waals surface area contributed by atoms with Crippen molar-refractivity contribution in [3.63, 3.8) is 0 Å². The number of nitrogen functional groups attached to an aromatic ring is 2. The SMILES string of the molecule is Cc1cccc(Nc2ccc(N)cc2N)c1C(=O)O. The van der Waals surface area contributed by atoms with E-state index in [4.69, 9.17) is 11.5 Å². The number of benzene rings is 2. The number of nitrogens with two attached hydrogens (primary N) is 2. The molecule has 0 bridgehead atoms. The molecule has 98 valence electrons. The number of aryl methyl sites for hydroxylation is 1. The number of hydrogen-bond acceptors (Lipinski definition) is 4. The molecule has 0 aliphatic rings. The third-order valence-corrected chi connectivity index (χ3v) is 2.83. The Morgan fingerprint density at radius 2 is 1.89 bits per heavy atom. The summed E-state index contributed by atoms with van der Waals surface area (Å²) < 4.78 is 0. The van der Waals surface area contributed by atoms with Crippen LogP contribution < -0.4 is 16.8 Å². The Bertz CT molecular complexity index is 639. The van der Waals surface area contributed by atoms with Gasteiger partial charge in [0.25, 0.3) is 0 Å². The first-order chi connectivity index (χ1) is 8.99. The second-order valence-electron chi connectivity index (χ2n) is 4.27. The van der Waals surface area contributed by atoms with Gasteiger partial charge in [0.2, 0.25) is 0 Å². The number of carboxylic acids is 1. The van der Waals surface area contributed by atoms with Crippen molar-refractivity contribution >= 4 is 28.7 Å². The number of carboxylic acid groups (broad SMARTS) is 1. The van der Waals surface area contributed by atoms with E-state index in [0.29, 0.717) is 28.3 Å². The second-order valence-corrected chi connectivity index (χ2v) is 4.27. The zero-order valence-corrected chi connectivity index (χ0v) is 10.5. The van der Waals surface area contributed by atoms with Gasteiger partial charge in [-0.2, -0.15) is 0 Å². The number of hydrogen-bond donors (Lipinski definition) is 4. The maximum atomic E-state index is 11.3. The largest absolute Gasteiger partial charge is 0.478 e. The molecule has 2 aromatic carbocycles. The molecule has 0 aromatic heterocycles. The molecule has 0 saturated carbocycles. The van der Waals surface area contributed by atoms with Crippen LogP contribution >= 0.6 is 0 Å². The summed E-state index contributed by atoms with van der Waals surface area (Å²) >= 11 is 0. The van der Waals surface area contributed by atoms with Crippen molar-refractivity contribution in [1.82, 2.24) is 0 Å². The zero-order chi connectivity index (χ0) is 14.0. The van der Waals surface area contributed by atoms with Crippen molar-refractivity contribution in [2.45, 2.75) is 6.92 Å². The number of nitrogens with one attached hydrogen (secondary N) is 1. The lowest BCUT2D eigenvalue weighted by atomic mass is 10.1. The maximum Gasteiger partial charge on any atom is 0.338 e. The van der Waals surface area contributed by atoms with Gasteiger partial charge in [-0.3, -0.25) is 0 Å². The molecule has 5 heteroatoms. The molecule has 0 fully saturated rings. The van der Waals surface area contributed by atoms with Crippen LogP contribution in [0.5, 0.6) is 0 Å². The first-order valence-corrected chi connectivity index (χ1v) is 5.74. The molecular formula is C14H15N3O2. The van der Waals surface area contributed by atoms with Gasteiger partial charge in [0.15, 0.2) is 0 Å². The molecule has 0 spiro atoms. The van der Waals surface area contributed by atoms with Gasteiger partial charge >= 0.3 is 5.97 Å². The van der Waals surface area contributed by atoms with Crippen LogP contribution in [0.25, 0.3) is 0 Å². The quantitative estimate of drug-likeness (QED) is 0.633. The highest BCUT2D eigenvalue weighted by atomic mass is 16.4. The Morgan fingerprint density at radius 1 is 1.16 bits per heavy atom. The van der Waals surface area contributed by atoms with Gasteiger partial charge in [-0.05, 0) is 36.8 Å².